The summed E-state index contributed by atoms with van der Waals surface area (Å²) in [6, 6.07) is 18.3. The minimum Gasteiger partial charge on any atom is -0.405 e. The number of oxazole rings is 1. The lowest BCUT2D eigenvalue weighted by Crippen LogP contribution is -2.67. The molecule has 45 heavy (non-hydrogen) atoms. The second-order valence-electron chi connectivity index (χ2n) is 11.1. The number of aryl methyl sites for hydroxylation is 1. The first-order valence-corrected chi connectivity index (χ1v) is 17.9. The van der Waals surface area contributed by atoms with Crippen LogP contribution in [0.15, 0.2) is 83.1 Å². The summed E-state index contributed by atoms with van der Waals surface area (Å²) in [5, 5.41) is 2.75. The molecule has 0 radical (unpaired) electrons. The largest absolute Gasteiger partial charge is 0.405 e. The molecule has 2 aliphatic rings. The quantitative estimate of drug-likeness (QED) is 0.113. The smallest absolute Gasteiger partial charge is 0.374 e. The van der Waals surface area contributed by atoms with Crippen molar-refractivity contribution in [2.45, 2.75) is 24.8 Å². The molecule has 1 aromatic heterocycles. The monoisotopic (exact) mass is 688 g/mol. The summed E-state index contributed by atoms with van der Waals surface area (Å²) < 4.78 is 81.6. The molecule has 7 rings (SSSR count). The van der Waals surface area contributed by atoms with Gasteiger partial charge in [0.05, 0.1) is 34.8 Å². The van der Waals surface area contributed by atoms with E-state index in [-0.39, 0.29) is 29.8 Å². The van der Waals surface area contributed by atoms with E-state index in [0.29, 0.717) is 50.4 Å². The van der Waals surface area contributed by atoms with Crippen LogP contribution >= 0.6 is 23.2 Å². The summed E-state index contributed by atoms with van der Waals surface area (Å²) in [7, 11) is -8.65. The molecule has 5 aromatic rings. The van der Waals surface area contributed by atoms with E-state index in [2.05, 4.69) is 0 Å². The topological polar surface area (TPSA) is 135 Å². The Labute approximate surface area is 268 Å². The molecule has 4 aromatic carbocycles. The molecule has 2 unspecified atom stereocenters. The summed E-state index contributed by atoms with van der Waals surface area (Å²) >= 11 is 13.2. The molecule has 2 atom stereocenters. The Morgan fingerprint density at radius 3 is 2.22 bits per heavy atom. The number of fused-ring (bicyclic) bond motifs is 7. The van der Waals surface area contributed by atoms with Gasteiger partial charge in [0.15, 0.2) is 12.2 Å². The van der Waals surface area contributed by atoms with Crippen LogP contribution in [0, 0.1) is 0 Å². The number of allylic oxidation sites excluding steroid dienone is 2. The third-order valence-electron chi connectivity index (χ3n) is 8.47. The van der Waals surface area contributed by atoms with Gasteiger partial charge in [-0.3, -0.25) is 9.11 Å². The molecule has 1 fully saturated rings. The van der Waals surface area contributed by atoms with Crippen LogP contribution in [-0.2, 0) is 26.8 Å². The van der Waals surface area contributed by atoms with Gasteiger partial charge in [0.1, 0.15) is 0 Å². The zero-order valence-corrected chi connectivity index (χ0v) is 26.6. The average molecular weight is 690 g/mol. The molecule has 2 aliphatic heterocycles. The predicted octanol–water partition coefficient (Wildman–Crippen LogP) is 6.48. The van der Waals surface area contributed by atoms with Crippen molar-refractivity contribution in [3.63, 3.8) is 0 Å². The van der Waals surface area contributed by atoms with Gasteiger partial charge in [-0.25, -0.2) is 4.48 Å². The first kappa shape index (κ1) is 30.2. The molecule has 0 saturated carbocycles. The van der Waals surface area contributed by atoms with Crippen molar-refractivity contribution in [1.82, 2.24) is 4.48 Å². The van der Waals surface area contributed by atoms with Crippen molar-refractivity contribution in [3.8, 4) is 5.75 Å². The van der Waals surface area contributed by atoms with Crippen LogP contribution in [0.4, 0.5) is 5.69 Å². The number of rotatable bonds is 7. The van der Waals surface area contributed by atoms with Gasteiger partial charge >= 0.3 is 21.9 Å². The zero-order chi connectivity index (χ0) is 31.7. The summed E-state index contributed by atoms with van der Waals surface area (Å²) in [6.45, 7) is 0.547. The Morgan fingerprint density at radius 2 is 1.58 bits per heavy atom. The Hall–Kier alpha value is -3.49. The fourth-order valence-electron chi connectivity index (χ4n) is 6.41. The highest BCUT2D eigenvalue weighted by atomic mass is 35.5. The molecule has 0 bridgehead atoms. The van der Waals surface area contributed by atoms with Crippen LogP contribution in [-0.4, -0.2) is 43.6 Å². The Bertz CT molecular complexity index is 2330. The Balaban J connectivity index is 1.35. The third-order valence-corrected chi connectivity index (χ3v) is 11.2. The van der Waals surface area contributed by atoms with Gasteiger partial charge in [-0.2, -0.15) is 21.4 Å². The standard InChI is InChI=1S/C31H24Cl2N2O8S2/c32-23-17-25-30(21-9-3-1-7-19(21)23)42-27(34(25)14-6-16-44(36,37)38)11-5-12-28-35(15-13-29(35)45(39,40)41)26-18-24(33)20-8-2-4-10-22(20)31(26)43-28/h1-5,7-12,17-18,29H,6,13-16H2/p+2. The molecule has 14 heteroatoms. The fraction of sp³-hybridized carbons (Fsp3) is 0.194. The lowest BCUT2D eigenvalue weighted by Gasteiger charge is -2.45. The molecule has 232 valence electrons. The van der Waals surface area contributed by atoms with E-state index < -0.39 is 31.4 Å². The molecule has 3 heterocycles. The molecule has 1 spiro atoms. The first-order chi connectivity index (χ1) is 21.4. The molecule has 10 nitrogen and oxygen atoms in total. The number of hydrogen-bond acceptors (Lipinski definition) is 6. The lowest BCUT2D eigenvalue weighted by molar-refractivity contribution is -0.677. The van der Waals surface area contributed by atoms with Crippen LogP contribution in [0.1, 0.15) is 18.7 Å². The van der Waals surface area contributed by atoms with Crippen molar-refractivity contribution >= 4 is 87.8 Å². The van der Waals surface area contributed by atoms with Gasteiger partial charge in [0, 0.05) is 46.2 Å². The highest BCUT2D eigenvalue weighted by Crippen LogP contribution is 2.56. The van der Waals surface area contributed by atoms with Gasteiger partial charge in [0.25, 0.3) is 15.6 Å². The Kier molecular flexibility index (Phi) is 7.24. The molecule has 0 amide bonds. The molecular formula is C31H26Cl2N2O8S2+2. The predicted molar refractivity (Wildman–Crippen MR) is 173 cm³/mol. The van der Waals surface area contributed by atoms with Crippen molar-refractivity contribution in [1.29, 1.82) is 0 Å². The second-order valence-corrected chi connectivity index (χ2v) is 15.0. The summed E-state index contributed by atoms with van der Waals surface area (Å²) in [5.41, 5.74) is 1.71. The number of benzene rings is 4. The number of nitrogens with zero attached hydrogens (tertiary/aromatic N) is 2. The van der Waals surface area contributed by atoms with Crippen LogP contribution in [0.25, 0.3) is 38.7 Å². The summed E-state index contributed by atoms with van der Waals surface area (Å²) in [4.78, 5) is 0. The van der Waals surface area contributed by atoms with Crippen LogP contribution < -0.4 is 13.8 Å². The van der Waals surface area contributed by atoms with Gasteiger partial charge in [-0.15, -0.1) is 0 Å². The van der Waals surface area contributed by atoms with Crippen molar-refractivity contribution in [2.24, 2.45) is 0 Å². The number of ether oxygens (including phenoxy) is 1. The molecule has 0 aliphatic carbocycles. The second kappa shape index (κ2) is 10.8. The summed E-state index contributed by atoms with van der Waals surface area (Å²) in [6.07, 6.45) is 5.25. The van der Waals surface area contributed by atoms with E-state index in [1.165, 1.54) is 0 Å². The number of aromatic nitrogens is 1. The number of halogens is 2. The lowest BCUT2D eigenvalue weighted by atomic mass is 10.0. The average Bonchev–Trinajstić information content (AvgIpc) is 3.48. The SMILES string of the molecule is O=S(=O)(O)CCC[n+]1c(C=CC=C2Oc3c(cc(Cl)c4ccccc34)[N+]23CCC3S(=O)(=O)O)oc2c3ccccc3c(Cl)cc21. The maximum absolute atomic E-state index is 12.5. The third kappa shape index (κ3) is 5.01. The maximum atomic E-state index is 12.5. The van der Waals surface area contributed by atoms with Gasteiger partial charge < -0.3 is 9.15 Å². The van der Waals surface area contributed by atoms with E-state index in [1.54, 1.807) is 34.9 Å². The Morgan fingerprint density at radius 1 is 0.933 bits per heavy atom. The fourth-order valence-corrected chi connectivity index (χ4v) is 8.62. The van der Waals surface area contributed by atoms with Crippen molar-refractivity contribution in [3.05, 3.63) is 94.6 Å². The minimum absolute atomic E-state index is 0.104. The molecular weight excluding hydrogens is 663 g/mol. The number of hydrogen-bond donors (Lipinski definition) is 2. The van der Waals surface area contributed by atoms with Crippen LogP contribution in [0.5, 0.6) is 5.75 Å². The zero-order valence-electron chi connectivity index (χ0n) is 23.4. The highest BCUT2D eigenvalue weighted by Gasteiger charge is 2.63. The van der Waals surface area contributed by atoms with Crippen molar-refractivity contribution in [2.75, 3.05) is 12.3 Å². The van der Waals surface area contributed by atoms with Gasteiger partial charge in [0.2, 0.25) is 16.7 Å². The van der Waals surface area contributed by atoms with E-state index in [1.807, 2.05) is 48.5 Å². The van der Waals surface area contributed by atoms with Crippen LogP contribution in [0.2, 0.25) is 10.0 Å². The summed E-state index contributed by atoms with van der Waals surface area (Å²) in [5.74, 6) is 0.661. The van der Waals surface area contributed by atoms with E-state index in [4.69, 9.17) is 32.4 Å². The number of quaternary nitrogens is 1. The highest BCUT2D eigenvalue weighted by molar-refractivity contribution is 7.86. The van der Waals surface area contributed by atoms with E-state index in [9.17, 15) is 25.9 Å². The normalized spacial score (nSPS) is 20.9. The van der Waals surface area contributed by atoms with Gasteiger partial charge in [-0.05, 0) is 6.08 Å². The van der Waals surface area contributed by atoms with Gasteiger partial charge in [-0.1, -0.05) is 71.7 Å². The first-order valence-electron chi connectivity index (χ1n) is 14.0. The molecule has 2 N–H and O–H groups in total. The van der Waals surface area contributed by atoms with E-state index in [0.717, 1.165) is 16.2 Å². The molecule has 1 saturated heterocycles. The van der Waals surface area contributed by atoms with E-state index >= 15 is 0 Å². The minimum atomic E-state index is -4.47. The van der Waals surface area contributed by atoms with Crippen molar-refractivity contribution < 1.29 is 39.7 Å². The van der Waals surface area contributed by atoms with Crippen LogP contribution in [0.3, 0.4) is 0 Å². The maximum Gasteiger partial charge on any atom is 0.374 e.